The van der Waals surface area contributed by atoms with Crippen LogP contribution in [0.1, 0.15) is 12.5 Å². The van der Waals surface area contributed by atoms with Crippen molar-refractivity contribution in [3.8, 4) is 0 Å². The number of hydrogen-bond donors (Lipinski definition) is 2. The predicted octanol–water partition coefficient (Wildman–Crippen LogP) is 1.99. The van der Waals surface area contributed by atoms with Crippen LogP contribution in [0.3, 0.4) is 0 Å². The molecule has 0 amide bonds. The number of nitrogens with zero attached hydrogens (tertiary/aromatic N) is 2. The van der Waals surface area contributed by atoms with Crippen molar-refractivity contribution in [1.82, 2.24) is 0 Å². The standard InChI is InChI=1S/C9H8F2N2O2/c1-5(12-14)9(13-15)7-3-2-6(10)4-8(7)11/h2-4,14-15H,1H3. The third-order valence-electron chi connectivity index (χ3n) is 1.78. The molecule has 0 aliphatic rings. The van der Waals surface area contributed by atoms with Gasteiger partial charge in [0, 0.05) is 11.6 Å². The van der Waals surface area contributed by atoms with Crippen molar-refractivity contribution in [1.29, 1.82) is 0 Å². The first-order valence-corrected chi connectivity index (χ1v) is 3.96. The Kier molecular flexibility index (Phi) is 3.33. The summed E-state index contributed by atoms with van der Waals surface area (Å²) >= 11 is 0. The van der Waals surface area contributed by atoms with E-state index in [9.17, 15) is 8.78 Å². The summed E-state index contributed by atoms with van der Waals surface area (Å²) in [5.41, 5.74) is -0.479. The van der Waals surface area contributed by atoms with Gasteiger partial charge in [-0.2, -0.15) is 0 Å². The van der Waals surface area contributed by atoms with Crippen molar-refractivity contribution in [2.45, 2.75) is 6.92 Å². The molecule has 0 fully saturated rings. The molecule has 80 valence electrons. The molecule has 4 nitrogen and oxygen atoms in total. The van der Waals surface area contributed by atoms with Gasteiger partial charge in [-0.3, -0.25) is 0 Å². The maximum absolute atomic E-state index is 13.2. The number of hydrogen-bond acceptors (Lipinski definition) is 4. The Hall–Kier alpha value is -1.98. The lowest BCUT2D eigenvalue weighted by atomic mass is 10.1. The lowest BCUT2D eigenvalue weighted by molar-refractivity contribution is 0.314. The molecule has 0 aliphatic carbocycles. The van der Waals surface area contributed by atoms with E-state index in [1.54, 1.807) is 0 Å². The Balaban J connectivity index is 3.26. The van der Waals surface area contributed by atoms with Gasteiger partial charge in [-0.1, -0.05) is 10.3 Å². The van der Waals surface area contributed by atoms with E-state index in [1.165, 1.54) is 6.92 Å². The van der Waals surface area contributed by atoms with Gasteiger partial charge in [-0.25, -0.2) is 8.78 Å². The number of oxime groups is 2. The van der Waals surface area contributed by atoms with Gasteiger partial charge in [0.25, 0.3) is 0 Å². The van der Waals surface area contributed by atoms with Crippen molar-refractivity contribution in [3.63, 3.8) is 0 Å². The Morgan fingerprint density at radius 3 is 2.33 bits per heavy atom. The average Bonchev–Trinajstić information content (AvgIpc) is 2.21. The number of halogens is 2. The van der Waals surface area contributed by atoms with E-state index in [0.717, 1.165) is 12.1 Å². The summed E-state index contributed by atoms with van der Waals surface area (Å²) in [4.78, 5) is 0. The molecule has 0 unspecified atom stereocenters. The van der Waals surface area contributed by atoms with Crippen molar-refractivity contribution in [3.05, 3.63) is 35.4 Å². The Morgan fingerprint density at radius 2 is 1.87 bits per heavy atom. The van der Waals surface area contributed by atoms with E-state index in [2.05, 4.69) is 10.3 Å². The van der Waals surface area contributed by atoms with Crippen molar-refractivity contribution in [2.75, 3.05) is 0 Å². The maximum Gasteiger partial charge on any atom is 0.137 e. The van der Waals surface area contributed by atoms with Crippen molar-refractivity contribution < 1.29 is 19.2 Å². The second-order valence-corrected chi connectivity index (χ2v) is 2.76. The molecule has 0 heterocycles. The van der Waals surface area contributed by atoms with Crippen LogP contribution >= 0.6 is 0 Å². The van der Waals surface area contributed by atoms with Crippen LogP contribution < -0.4 is 0 Å². The second-order valence-electron chi connectivity index (χ2n) is 2.76. The smallest absolute Gasteiger partial charge is 0.137 e. The molecule has 1 rings (SSSR count). The van der Waals surface area contributed by atoms with Crippen LogP contribution in [0.15, 0.2) is 28.5 Å². The molecule has 2 N–H and O–H groups in total. The van der Waals surface area contributed by atoms with Gasteiger partial charge >= 0.3 is 0 Å². The summed E-state index contributed by atoms with van der Waals surface area (Å²) < 4.78 is 25.8. The molecule has 0 saturated carbocycles. The number of rotatable bonds is 2. The lowest BCUT2D eigenvalue weighted by Gasteiger charge is -2.03. The van der Waals surface area contributed by atoms with Crippen LogP contribution in [0.25, 0.3) is 0 Å². The average molecular weight is 214 g/mol. The van der Waals surface area contributed by atoms with Crippen LogP contribution in [-0.4, -0.2) is 21.8 Å². The summed E-state index contributed by atoms with van der Waals surface area (Å²) in [6, 6.07) is 2.74. The summed E-state index contributed by atoms with van der Waals surface area (Å²) in [5, 5.41) is 22.6. The highest BCUT2D eigenvalue weighted by Crippen LogP contribution is 2.11. The zero-order valence-corrected chi connectivity index (χ0v) is 7.78. The molecule has 0 bridgehead atoms. The van der Waals surface area contributed by atoms with Crippen molar-refractivity contribution in [2.24, 2.45) is 10.3 Å². The lowest BCUT2D eigenvalue weighted by Crippen LogP contribution is -2.14. The third-order valence-corrected chi connectivity index (χ3v) is 1.78. The molecular formula is C9H8F2N2O2. The maximum atomic E-state index is 13.2. The largest absolute Gasteiger partial charge is 0.411 e. The van der Waals surface area contributed by atoms with Crippen LogP contribution in [0.4, 0.5) is 8.78 Å². The zero-order valence-electron chi connectivity index (χ0n) is 7.78. The van der Waals surface area contributed by atoms with Crippen LogP contribution in [0.5, 0.6) is 0 Å². The SMILES string of the molecule is CC(=NO)C(=NO)c1ccc(F)cc1F. The van der Waals surface area contributed by atoms with Gasteiger partial charge < -0.3 is 10.4 Å². The van der Waals surface area contributed by atoms with Crippen LogP contribution in [0, 0.1) is 11.6 Å². The molecule has 1 aromatic rings. The first kappa shape index (κ1) is 11.1. The predicted molar refractivity (Wildman–Crippen MR) is 49.6 cm³/mol. The summed E-state index contributed by atoms with van der Waals surface area (Å²) in [5.74, 6) is -1.64. The van der Waals surface area contributed by atoms with Gasteiger partial charge in [-0.15, -0.1) is 0 Å². The summed E-state index contributed by atoms with van der Waals surface area (Å²) in [6.45, 7) is 1.32. The minimum absolute atomic E-state index is 0.0805. The summed E-state index contributed by atoms with van der Waals surface area (Å²) in [7, 11) is 0. The molecule has 0 aliphatic heterocycles. The Labute approximate surface area is 84.1 Å². The molecule has 6 heteroatoms. The highest BCUT2D eigenvalue weighted by atomic mass is 19.1. The second kappa shape index (κ2) is 4.50. The first-order chi connectivity index (χ1) is 7.10. The topological polar surface area (TPSA) is 65.2 Å². The molecule has 0 radical (unpaired) electrons. The molecule has 0 spiro atoms. The van der Waals surface area contributed by atoms with Gasteiger partial charge in [0.2, 0.25) is 0 Å². The fourth-order valence-corrected chi connectivity index (χ4v) is 1.05. The first-order valence-electron chi connectivity index (χ1n) is 3.96. The Morgan fingerprint density at radius 1 is 1.20 bits per heavy atom. The monoisotopic (exact) mass is 214 g/mol. The molecule has 0 atom stereocenters. The van der Waals surface area contributed by atoms with E-state index in [-0.39, 0.29) is 17.0 Å². The molecule has 1 aromatic carbocycles. The van der Waals surface area contributed by atoms with Crippen molar-refractivity contribution >= 4 is 11.4 Å². The van der Waals surface area contributed by atoms with Crippen LogP contribution in [-0.2, 0) is 0 Å². The van der Waals surface area contributed by atoms with E-state index in [1.807, 2.05) is 0 Å². The fourth-order valence-electron chi connectivity index (χ4n) is 1.05. The molecular weight excluding hydrogens is 206 g/mol. The third kappa shape index (κ3) is 2.28. The minimum atomic E-state index is -0.897. The normalized spacial score (nSPS) is 13.0. The fraction of sp³-hybridized carbons (Fsp3) is 0.111. The highest BCUT2D eigenvalue weighted by Gasteiger charge is 2.14. The Bertz CT molecular complexity index is 430. The van der Waals surface area contributed by atoms with Crippen LogP contribution in [0.2, 0.25) is 0 Å². The summed E-state index contributed by atoms with van der Waals surface area (Å²) in [6.07, 6.45) is 0. The van der Waals surface area contributed by atoms with Gasteiger partial charge in [0.15, 0.2) is 0 Å². The zero-order chi connectivity index (χ0) is 11.4. The molecule has 15 heavy (non-hydrogen) atoms. The van der Waals surface area contributed by atoms with Gasteiger partial charge in [0.05, 0.1) is 0 Å². The molecule has 0 saturated heterocycles. The van der Waals surface area contributed by atoms with E-state index < -0.39 is 11.6 Å². The minimum Gasteiger partial charge on any atom is -0.411 e. The quantitative estimate of drug-likeness (QED) is 0.449. The van der Waals surface area contributed by atoms with E-state index in [0.29, 0.717) is 6.07 Å². The number of benzene rings is 1. The van der Waals surface area contributed by atoms with E-state index >= 15 is 0 Å². The van der Waals surface area contributed by atoms with E-state index in [4.69, 9.17) is 10.4 Å². The highest BCUT2D eigenvalue weighted by molar-refractivity contribution is 6.47. The van der Waals surface area contributed by atoms with Gasteiger partial charge in [-0.05, 0) is 19.1 Å². The molecule has 0 aromatic heterocycles. The van der Waals surface area contributed by atoms with Gasteiger partial charge in [0.1, 0.15) is 23.1 Å².